The van der Waals surface area contributed by atoms with E-state index in [1.807, 2.05) is 85.7 Å². The molecule has 1 N–H and O–H groups in total. The van der Waals surface area contributed by atoms with Gasteiger partial charge in [0.1, 0.15) is 5.78 Å². The zero-order valence-electron chi connectivity index (χ0n) is 22.2. The average Bonchev–Trinajstić information content (AvgIpc) is 2.88. The van der Waals surface area contributed by atoms with Gasteiger partial charge in [0, 0.05) is 48.7 Å². The Morgan fingerprint density at radius 3 is 2.33 bits per heavy atom. The van der Waals surface area contributed by atoms with Crippen LogP contribution in [0.2, 0.25) is 0 Å². The molecule has 1 aliphatic rings. The molecule has 2 aromatic carbocycles. The molecule has 4 rings (SSSR count). The number of anilines is 2. The van der Waals surface area contributed by atoms with Crippen molar-refractivity contribution in [3.63, 3.8) is 0 Å². The summed E-state index contributed by atoms with van der Waals surface area (Å²) in [6.45, 7) is 6.80. The molecule has 0 unspecified atom stereocenters. The van der Waals surface area contributed by atoms with Gasteiger partial charge in [-0.2, -0.15) is 0 Å². The van der Waals surface area contributed by atoms with E-state index in [0.29, 0.717) is 17.8 Å². The lowest BCUT2D eigenvalue weighted by atomic mass is 9.75. The molecule has 0 aliphatic heterocycles. The summed E-state index contributed by atoms with van der Waals surface area (Å²) in [5.41, 5.74) is 2.81. The van der Waals surface area contributed by atoms with Gasteiger partial charge in [-0.3, -0.25) is 9.55 Å². The van der Waals surface area contributed by atoms with Crippen LogP contribution in [0.15, 0.2) is 79.1 Å². The number of nitrogens with one attached hydrogen (secondary N) is 1. The fraction of sp³-hybridized carbons (Fsp3) is 0.433. The fourth-order valence-corrected chi connectivity index (χ4v) is 7.88. The Bertz CT molecular complexity index is 1140. The lowest BCUT2D eigenvalue weighted by molar-refractivity contribution is 0.0488. The van der Waals surface area contributed by atoms with Gasteiger partial charge < -0.3 is 14.7 Å². The Morgan fingerprint density at radius 2 is 1.72 bits per heavy atom. The number of hydrogen-bond donors (Lipinski definition) is 1. The highest BCUT2D eigenvalue weighted by Crippen LogP contribution is 2.61. The molecule has 5 atom stereocenters. The molecule has 1 aliphatic carbocycles. The minimum Gasteiger partial charge on any atom is -0.378 e. The third kappa shape index (κ3) is 6.02. The first-order valence-electron chi connectivity index (χ1n) is 13.1. The van der Waals surface area contributed by atoms with Gasteiger partial charge >= 0.3 is 0 Å². The van der Waals surface area contributed by atoms with Crippen molar-refractivity contribution in [2.24, 2.45) is 17.8 Å². The van der Waals surface area contributed by atoms with Gasteiger partial charge in [-0.25, -0.2) is 0 Å². The Labute approximate surface area is 216 Å². The first-order chi connectivity index (χ1) is 17.3. The summed E-state index contributed by atoms with van der Waals surface area (Å²) in [6.07, 6.45) is 6.70. The lowest BCUT2D eigenvalue weighted by Gasteiger charge is -2.41. The van der Waals surface area contributed by atoms with Crippen LogP contribution in [0.3, 0.4) is 0 Å². The molecule has 5 nitrogen and oxygen atoms in total. The molecule has 0 saturated heterocycles. The number of aromatic nitrogens is 1. The maximum atomic E-state index is 15.4. The number of pyridine rings is 1. The first kappa shape index (κ1) is 26.4. The highest BCUT2D eigenvalue weighted by Gasteiger charge is 2.43. The molecule has 0 bridgehead atoms. The molecule has 1 fully saturated rings. The summed E-state index contributed by atoms with van der Waals surface area (Å²) < 4.78 is 22.4. The highest BCUT2D eigenvalue weighted by molar-refractivity contribution is 7.67. The van der Waals surface area contributed by atoms with E-state index in [1.165, 1.54) is 6.42 Å². The molecule has 36 heavy (non-hydrogen) atoms. The molecule has 6 heteroatoms. The van der Waals surface area contributed by atoms with Crippen LogP contribution in [0, 0.1) is 17.8 Å². The fourth-order valence-electron chi connectivity index (χ4n) is 5.26. The van der Waals surface area contributed by atoms with Crippen molar-refractivity contribution < 1.29 is 9.09 Å². The van der Waals surface area contributed by atoms with Gasteiger partial charge in [0.05, 0.1) is 6.10 Å². The Balaban J connectivity index is 1.83. The van der Waals surface area contributed by atoms with Crippen LogP contribution in [0.25, 0.3) is 0 Å². The maximum absolute atomic E-state index is 15.4. The number of rotatable bonds is 9. The zero-order chi connectivity index (χ0) is 25.7. The van der Waals surface area contributed by atoms with E-state index in [4.69, 9.17) is 4.52 Å². The molecule has 0 amide bonds. The number of benzene rings is 2. The van der Waals surface area contributed by atoms with Gasteiger partial charge in [-0.1, -0.05) is 51.5 Å². The van der Waals surface area contributed by atoms with Crippen molar-refractivity contribution in [2.45, 2.75) is 51.9 Å². The molecule has 0 spiro atoms. The smallest absolute Gasteiger partial charge is 0.258 e. The minimum absolute atomic E-state index is 0.0650. The third-order valence-electron chi connectivity index (χ3n) is 7.40. The number of hydrogen-bond acceptors (Lipinski definition) is 5. The quantitative estimate of drug-likeness (QED) is 0.308. The van der Waals surface area contributed by atoms with Gasteiger partial charge in [0.25, 0.3) is 7.37 Å². The van der Waals surface area contributed by atoms with Crippen molar-refractivity contribution in [2.75, 3.05) is 24.3 Å². The van der Waals surface area contributed by atoms with Crippen LogP contribution in [0.1, 0.15) is 51.4 Å². The van der Waals surface area contributed by atoms with Crippen molar-refractivity contribution in [3.05, 3.63) is 84.7 Å². The summed E-state index contributed by atoms with van der Waals surface area (Å²) in [6, 6.07) is 21.8. The van der Waals surface area contributed by atoms with E-state index in [-0.39, 0.29) is 6.10 Å². The predicted octanol–water partition coefficient (Wildman–Crippen LogP) is 7.34. The second kappa shape index (κ2) is 11.6. The largest absolute Gasteiger partial charge is 0.378 e. The molecular weight excluding hydrogens is 465 g/mol. The van der Waals surface area contributed by atoms with E-state index < -0.39 is 13.2 Å². The minimum atomic E-state index is -3.46. The molecular formula is C30H40N3O2P. The topological polar surface area (TPSA) is 54.5 Å². The van der Waals surface area contributed by atoms with E-state index in [2.05, 4.69) is 31.1 Å². The predicted molar refractivity (Wildman–Crippen MR) is 151 cm³/mol. The SMILES string of the molecule is CC(C)[C@H]1CC[C@H](C)C[C@H]1O[P@@](=O)(c1ccc(N(C)C)cc1)[C@H](Nc1ccccc1)c1cccnc1. The van der Waals surface area contributed by atoms with Crippen molar-refractivity contribution in [3.8, 4) is 0 Å². The molecule has 0 radical (unpaired) electrons. The van der Waals surface area contributed by atoms with E-state index in [1.54, 1.807) is 12.4 Å². The van der Waals surface area contributed by atoms with Crippen LogP contribution < -0.4 is 15.5 Å². The second-order valence-electron chi connectivity index (χ2n) is 10.7. The van der Waals surface area contributed by atoms with Gasteiger partial charge in [0.2, 0.25) is 0 Å². The molecule has 1 heterocycles. The van der Waals surface area contributed by atoms with Crippen molar-refractivity contribution in [1.29, 1.82) is 0 Å². The number of para-hydroxylation sites is 1. The summed E-state index contributed by atoms with van der Waals surface area (Å²) in [5, 5.41) is 4.31. The van der Waals surface area contributed by atoms with Crippen LogP contribution in [-0.2, 0) is 9.09 Å². The first-order valence-corrected chi connectivity index (χ1v) is 14.7. The van der Waals surface area contributed by atoms with Gasteiger partial charge in [-0.05, 0) is 73.1 Å². The Hall–Kier alpha value is -2.62. The van der Waals surface area contributed by atoms with Crippen molar-refractivity contribution >= 4 is 24.0 Å². The van der Waals surface area contributed by atoms with Crippen LogP contribution in [0.5, 0.6) is 0 Å². The van der Waals surface area contributed by atoms with Crippen LogP contribution in [-0.4, -0.2) is 25.2 Å². The average molecular weight is 506 g/mol. The van der Waals surface area contributed by atoms with Crippen molar-refractivity contribution in [1.82, 2.24) is 4.98 Å². The zero-order valence-corrected chi connectivity index (χ0v) is 23.1. The second-order valence-corrected chi connectivity index (χ2v) is 13.1. The standard InChI is InChI=1S/C30H40N3O2P/c1-22(2)28-18-13-23(3)20-29(28)35-36(34,27-16-14-26(15-17-27)33(4)5)30(24-10-9-19-31-21-24)32-25-11-7-6-8-12-25/h6-12,14-17,19,21-23,28-30,32H,13,18,20H2,1-5H3/t23-,28+,29+,30-,36-/m0/s1. The van der Waals surface area contributed by atoms with Gasteiger partial charge in [0.15, 0.2) is 0 Å². The third-order valence-corrected chi connectivity index (χ3v) is 10.1. The van der Waals surface area contributed by atoms with Crippen LogP contribution >= 0.6 is 7.37 Å². The normalized spacial score (nSPS) is 22.6. The summed E-state index contributed by atoms with van der Waals surface area (Å²) >= 11 is 0. The number of nitrogens with zero attached hydrogens (tertiary/aromatic N) is 2. The van der Waals surface area contributed by atoms with E-state index in [0.717, 1.165) is 35.1 Å². The Morgan fingerprint density at radius 1 is 1.00 bits per heavy atom. The molecule has 3 aromatic rings. The highest BCUT2D eigenvalue weighted by atomic mass is 31.2. The summed E-state index contributed by atoms with van der Waals surface area (Å²) in [5.74, 6) is 0.824. The molecule has 192 valence electrons. The van der Waals surface area contributed by atoms with Crippen LogP contribution in [0.4, 0.5) is 11.4 Å². The summed E-state index contributed by atoms with van der Waals surface area (Å²) in [4.78, 5) is 6.42. The van der Waals surface area contributed by atoms with E-state index >= 15 is 4.57 Å². The Kier molecular flexibility index (Phi) is 8.54. The molecule has 1 aromatic heterocycles. The maximum Gasteiger partial charge on any atom is 0.258 e. The lowest BCUT2D eigenvalue weighted by Crippen LogP contribution is -2.35. The summed E-state index contributed by atoms with van der Waals surface area (Å²) in [7, 11) is 0.561. The molecule has 1 saturated carbocycles. The van der Waals surface area contributed by atoms with E-state index in [9.17, 15) is 0 Å². The van der Waals surface area contributed by atoms with Gasteiger partial charge in [-0.15, -0.1) is 0 Å². The monoisotopic (exact) mass is 505 g/mol.